The number of epoxide rings is 1. The lowest BCUT2D eigenvalue weighted by Gasteiger charge is -2.12. The average molecular weight is 245 g/mol. The molecule has 2 atom stereocenters. The van der Waals surface area contributed by atoms with Crippen molar-refractivity contribution in [3.63, 3.8) is 0 Å². The van der Waals surface area contributed by atoms with E-state index in [9.17, 15) is 9.18 Å². The number of H-pyrrole nitrogens is 1. The number of aromatic amines is 1. The standard InChI is InChI=1S/C11H9BFN3O2/c12-9-11(18-9,5-16-10(17)14-6-15-16)7-2-1-3-8(13)4-7/h1-4,6,9H,5H2,(H,14,15,17). The highest BCUT2D eigenvalue weighted by molar-refractivity contribution is 6.13. The van der Waals surface area contributed by atoms with Crippen LogP contribution in [0.3, 0.4) is 0 Å². The van der Waals surface area contributed by atoms with Crippen LogP contribution in [-0.2, 0) is 16.9 Å². The molecule has 0 spiro atoms. The second-order valence-electron chi connectivity index (χ2n) is 4.19. The number of aromatic nitrogens is 3. The third-order valence-electron chi connectivity index (χ3n) is 3.06. The molecular formula is C11H9BFN3O2. The summed E-state index contributed by atoms with van der Waals surface area (Å²) in [5, 5.41) is 3.84. The van der Waals surface area contributed by atoms with Crippen LogP contribution in [0.1, 0.15) is 5.56 Å². The summed E-state index contributed by atoms with van der Waals surface area (Å²) in [6.07, 6.45) is 1.29. The minimum absolute atomic E-state index is 0.153. The Hall–Kier alpha value is -1.89. The summed E-state index contributed by atoms with van der Waals surface area (Å²) in [6, 6.07) is 5.42. The third-order valence-corrected chi connectivity index (χ3v) is 3.06. The van der Waals surface area contributed by atoms with Gasteiger partial charge >= 0.3 is 5.69 Å². The Morgan fingerprint density at radius 2 is 2.39 bits per heavy atom. The van der Waals surface area contributed by atoms with E-state index in [0.29, 0.717) is 5.56 Å². The van der Waals surface area contributed by atoms with Gasteiger partial charge in [-0.05, 0) is 17.7 Å². The predicted molar refractivity (Wildman–Crippen MR) is 61.6 cm³/mol. The zero-order chi connectivity index (χ0) is 12.8. The molecule has 2 radical (unpaired) electrons. The summed E-state index contributed by atoms with van der Waals surface area (Å²) in [4.78, 5) is 13.8. The maximum absolute atomic E-state index is 13.2. The van der Waals surface area contributed by atoms with Gasteiger partial charge in [0.2, 0.25) is 0 Å². The molecule has 1 N–H and O–H groups in total. The molecule has 0 saturated carbocycles. The molecule has 1 fully saturated rings. The van der Waals surface area contributed by atoms with Crippen molar-refractivity contribution in [1.29, 1.82) is 0 Å². The van der Waals surface area contributed by atoms with Crippen molar-refractivity contribution in [3.05, 3.63) is 52.5 Å². The summed E-state index contributed by atoms with van der Waals surface area (Å²) in [5.74, 6) is -0.371. The molecule has 18 heavy (non-hydrogen) atoms. The molecule has 0 amide bonds. The molecule has 1 aliphatic heterocycles. The van der Waals surface area contributed by atoms with Crippen LogP contribution in [-0.4, -0.2) is 28.6 Å². The topological polar surface area (TPSA) is 63.2 Å². The quantitative estimate of drug-likeness (QED) is 0.617. The van der Waals surface area contributed by atoms with Gasteiger partial charge in [0.15, 0.2) is 0 Å². The molecule has 1 aliphatic rings. The van der Waals surface area contributed by atoms with Crippen LogP contribution in [0.2, 0.25) is 0 Å². The summed E-state index contributed by atoms with van der Waals surface area (Å²) >= 11 is 0. The molecular weight excluding hydrogens is 236 g/mol. The highest BCUT2D eigenvalue weighted by Gasteiger charge is 2.54. The van der Waals surface area contributed by atoms with Gasteiger partial charge in [0, 0.05) is 0 Å². The Balaban J connectivity index is 1.97. The molecule has 0 bridgehead atoms. The first-order valence-electron chi connectivity index (χ1n) is 5.42. The molecule has 2 heterocycles. The lowest BCUT2D eigenvalue weighted by atomic mass is 9.85. The molecule has 2 unspecified atom stereocenters. The number of nitrogens with one attached hydrogen (secondary N) is 1. The Labute approximate surface area is 103 Å². The van der Waals surface area contributed by atoms with Crippen molar-refractivity contribution in [2.75, 3.05) is 0 Å². The lowest BCUT2D eigenvalue weighted by molar-refractivity contribution is 0.264. The van der Waals surface area contributed by atoms with Crippen LogP contribution in [0.25, 0.3) is 0 Å². The Kier molecular flexibility index (Phi) is 2.37. The monoisotopic (exact) mass is 245 g/mol. The minimum Gasteiger partial charge on any atom is -0.370 e. The highest BCUT2D eigenvalue weighted by Crippen LogP contribution is 2.45. The Bertz CT molecular complexity index is 641. The van der Waals surface area contributed by atoms with E-state index in [1.807, 2.05) is 0 Å². The highest BCUT2D eigenvalue weighted by atomic mass is 19.1. The van der Waals surface area contributed by atoms with Crippen molar-refractivity contribution < 1.29 is 9.13 Å². The summed E-state index contributed by atoms with van der Waals surface area (Å²) in [5.41, 5.74) is -0.625. The molecule has 0 aliphatic carbocycles. The van der Waals surface area contributed by atoms with Crippen molar-refractivity contribution in [3.8, 4) is 0 Å². The molecule has 7 heteroatoms. The maximum atomic E-state index is 13.2. The Morgan fingerprint density at radius 1 is 1.61 bits per heavy atom. The average Bonchev–Trinajstić information content (AvgIpc) is 2.82. The van der Waals surface area contributed by atoms with Gasteiger partial charge in [-0.2, -0.15) is 5.10 Å². The molecule has 1 saturated heterocycles. The van der Waals surface area contributed by atoms with Crippen molar-refractivity contribution in [2.45, 2.75) is 18.1 Å². The van der Waals surface area contributed by atoms with E-state index in [0.717, 1.165) is 0 Å². The number of rotatable bonds is 3. The molecule has 1 aromatic heterocycles. The number of nitrogens with zero attached hydrogens (tertiary/aromatic N) is 2. The van der Waals surface area contributed by atoms with Crippen molar-refractivity contribution in [1.82, 2.24) is 14.8 Å². The van der Waals surface area contributed by atoms with Gasteiger partial charge in [-0.15, -0.1) is 0 Å². The van der Waals surface area contributed by atoms with Gasteiger partial charge in [0.05, 0.1) is 12.5 Å². The van der Waals surface area contributed by atoms with Gasteiger partial charge in [-0.25, -0.2) is 13.9 Å². The van der Waals surface area contributed by atoms with Gasteiger partial charge in [-0.3, -0.25) is 4.98 Å². The predicted octanol–water partition coefficient (Wildman–Crippen LogP) is 0.131. The van der Waals surface area contributed by atoms with E-state index >= 15 is 0 Å². The maximum Gasteiger partial charge on any atom is 0.343 e. The van der Waals surface area contributed by atoms with Crippen LogP contribution in [0.5, 0.6) is 0 Å². The normalized spacial score (nSPS) is 26.2. The van der Waals surface area contributed by atoms with Crippen molar-refractivity contribution >= 4 is 7.85 Å². The second-order valence-corrected chi connectivity index (χ2v) is 4.19. The second kappa shape index (κ2) is 3.81. The van der Waals surface area contributed by atoms with Crippen LogP contribution in [0.4, 0.5) is 4.39 Å². The fraction of sp³-hybridized carbons (Fsp3) is 0.273. The van der Waals surface area contributed by atoms with E-state index in [2.05, 4.69) is 10.1 Å². The van der Waals surface area contributed by atoms with Crippen LogP contribution < -0.4 is 5.69 Å². The first-order valence-corrected chi connectivity index (χ1v) is 5.42. The van der Waals surface area contributed by atoms with Gasteiger partial charge in [-0.1, -0.05) is 12.1 Å². The molecule has 1 aromatic carbocycles. The van der Waals surface area contributed by atoms with Crippen LogP contribution in [0, 0.1) is 5.82 Å². The Morgan fingerprint density at radius 3 is 2.94 bits per heavy atom. The number of hydrogen-bond donors (Lipinski definition) is 1. The number of benzene rings is 1. The molecule has 90 valence electrons. The minimum atomic E-state index is -0.874. The first kappa shape index (κ1) is 11.2. The number of ether oxygens (including phenoxy) is 1. The SMILES string of the molecule is [B]C1OC1(Cn1nc[nH]c1=O)c1cccc(F)c1. The van der Waals surface area contributed by atoms with Gasteiger partial charge in [0.1, 0.15) is 25.6 Å². The molecule has 3 rings (SSSR count). The van der Waals surface area contributed by atoms with E-state index in [-0.39, 0.29) is 18.1 Å². The van der Waals surface area contributed by atoms with E-state index < -0.39 is 11.6 Å². The van der Waals surface area contributed by atoms with Crippen LogP contribution >= 0.6 is 0 Å². The van der Waals surface area contributed by atoms with Crippen molar-refractivity contribution in [2.24, 2.45) is 0 Å². The third kappa shape index (κ3) is 1.67. The summed E-state index contributed by atoms with van der Waals surface area (Å²) in [6.45, 7) is 0.153. The van der Waals surface area contributed by atoms with E-state index in [4.69, 9.17) is 12.6 Å². The fourth-order valence-corrected chi connectivity index (χ4v) is 2.01. The fourth-order valence-electron chi connectivity index (χ4n) is 2.01. The zero-order valence-corrected chi connectivity index (χ0v) is 9.34. The van der Waals surface area contributed by atoms with Gasteiger partial charge < -0.3 is 4.74 Å². The summed E-state index contributed by atoms with van der Waals surface area (Å²) in [7, 11) is 5.75. The lowest BCUT2D eigenvalue weighted by Crippen LogP contribution is -2.28. The summed E-state index contributed by atoms with van der Waals surface area (Å²) < 4.78 is 19.8. The zero-order valence-electron chi connectivity index (χ0n) is 9.34. The largest absolute Gasteiger partial charge is 0.370 e. The smallest absolute Gasteiger partial charge is 0.343 e. The van der Waals surface area contributed by atoms with Crippen LogP contribution in [0.15, 0.2) is 35.4 Å². The number of hydrogen-bond acceptors (Lipinski definition) is 3. The van der Waals surface area contributed by atoms with Gasteiger partial charge in [0.25, 0.3) is 0 Å². The molecule has 2 aromatic rings. The number of halogens is 1. The van der Waals surface area contributed by atoms with E-state index in [1.165, 1.54) is 23.1 Å². The molecule has 5 nitrogen and oxygen atoms in total. The first-order chi connectivity index (χ1) is 8.62. The van der Waals surface area contributed by atoms with E-state index in [1.54, 1.807) is 12.1 Å².